The van der Waals surface area contributed by atoms with Crippen molar-refractivity contribution in [3.63, 3.8) is 0 Å². The number of anilines is 3. The number of sulfonamides is 1. The standard InChI is InChI=1S/C58H65FN12O12S/c1-4-20-82-42-8-6-9-43(30-42)83-52-32-50-49(67(2)58(75)68(50)3)31-47(52)66-84(76,77)44-10-5-7-39(28-44)56(73)60-15-21-78-22-23-79-24-25-80-26-27-81-37-53(72)69-16-18-70(19-17-69)57(74)40-13-14-46(45(59)29-40)64-54-55-61-35-51(41-33-62-63-34-41)71(55)36-48(65-54)38-11-12-38/h5-10,13-14,28-36,38,66H,4,11-12,15-27,37H2,1-3H3,(H,60,73)(H,62,63)(H,64,65). The molecule has 3 amide bonds. The molecule has 26 heteroatoms. The van der Waals surface area contributed by atoms with Crippen LogP contribution in [0, 0.1) is 5.82 Å². The Morgan fingerprint density at radius 3 is 2.18 bits per heavy atom. The van der Waals surface area contributed by atoms with Crippen molar-refractivity contribution in [2.75, 3.05) is 102 Å². The fraction of sp³-hybridized carbons (Fsp3) is 0.362. The third kappa shape index (κ3) is 14.0. The molecule has 2 aliphatic rings. The molecule has 0 atom stereocenters. The Morgan fingerprint density at radius 2 is 1.46 bits per heavy atom. The van der Waals surface area contributed by atoms with Gasteiger partial charge in [-0.15, -0.1) is 0 Å². The molecule has 24 nitrogen and oxygen atoms in total. The Bertz CT molecular complexity index is 3820. The zero-order chi connectivity index (χ0) is 58.7. The van der Waals surface area contributed by atoms with Gasteiger partial charge in [-0.3, -0.25) is 37.7 Å². The van der Waals surface area contributed by atoms with E-state index in [0.717, 1.165) is 36.2 Å². The van der Waals surface area contributed by atoms with Crippen LogP contribution in [0.1, 0.15) is 58.5 Å². The molecule has 4 aromatic heterocycles. The van der Waals surface area contributed by atoms with E-state index < -0.39 is 21.7 Å². The number of aryl methyl sites for hydroxylation is 2. The highest BCUT2D eigenvalue weighted by molar-refractivity contribution is 7.92. The van der Waals surface area contributed by atoms with Crippen LogP contribution < -0.4 is 30.5 Å². The van der Waals surface area contributed by atoms with Crippen molar-refractivity contribution in [2.24, 2.45) is 14.1 Å². The number of H-pyrrole nitrogens is 1. The van der Waals surface area contributed by atoms with E-state index in [-0.39, 0.29) is 123 Å². The summed E-state index contributed by atoms with van der Waals surface area (Å²) >= 11 is 0. The second-order valence-electron chi connectivity index (χ2n) is 20.0. The second kappa shape index (κ2) is 26.7. The first-order valence-corrected chi connectivity index (χ1v) is 29.1. The smallest absolute Gasteiger partial charge is 0.328 e. The maximum atomic E-state index is 15.6. The van der Waals surface area contributed by atoms with Crippen molar-refractivity contribution in [3.05, 3.63) is 137 Å². The average molecular weight is 1170 g/mol. The molecule has 0 spiro atoms. The van der Waals surface area contributed by atoms with Crippen molar-refractivity contribution in [2.45, 2.75) is 37.0 Å². The number of hydrogen-bond donors (Lipinski definition) is 4. The number of fused-ring (bicyclic) bond motifs is 2. The molecule has 1 saturated heterocycles. The Labute approximate surface area is 482 Å². The van der Waals surface area contributed by atoms with Crippen molar-refractivity contribution in [1.29, 1.82) is 0 Å². The van der Waals surface area contributed by atoms with Crippen LogP contribution in [0.4, 0.5) is 21.6 Å². The number of ether oxygens (including phenoxy) is 6. The van der Waals surface area contributed by atoms with E-state index in [9.17, 15) is 27.6 Å². The van der Waals surface area contributed by atoms with E-state index in [4.69, 9.17) is 33.4 Å². The number of halogens is 1. The van der Waals surface area contributed by atoms with Gasteiger partial charge < -0.3 is 48.9 Å². The number of nitrogens with one attached hydrogen (secondary N) is 4. The number of carbonyl (C=O) groups is 3. The Morgan fingerprint density at radius 1 is 0.762 bits per heavy atom. The van der Waals surface area contributed by atoms with Crippen LogP contribution in [0.25, 0.3) is 27.9 Å². The Balaban J connectivity index is 0.583. The van der Waals surface area contributed by atoms with Gasteiger partial charge in [-0.25, -0.2) is 27.6 Å². The van der Waals surface area contributed by atoms with Gasteiger partial charge in [0.25, 0.3) is 21.8 Å². The maximum absolute atomic E-state index is 15.6. The summed E-state index contributed by atoms with van der Waals surface area (Å²) in [4.78, 5) is 64.7. The lowest BCUT2D eigenvalue weighted by Gasteiger charge is -2.34. The molecule has 1 aliphatic heterocycles. The monoisotopic (exact) mass is 1170 g/mol. The molecule has 5 heterocycles. The highest BCUT2D eigenvalue weighted by atomic mass is 32.2. The lowest BCUT2D eigenvalue weighted by molar-refractivity contribution is -0.138. The number of carbonyl (C=O) groups excluding carboxylic acids is 3. The predicted molar refractivity (Wildman–Crippen MR) is 308 cm³/mol. The van der Waals surface area contributed by atoms with Gasteiger partial charge >= 0.3 is 5.69 Å². The summed E-state index contributed by atoms with van der Waals surface area (Å²) in [6.45, 7) is 5.37. The number of rotatable bonds is 28. The summed E-state index contributed by atoms with van der Waals surface area (Å²) in [7, 11) is -1.09. The van der Waals surface area contributed by atoms with Gasteiger partial charge in [-0.2, -0.15) is 5.10 Å². The van der Waals surface area contributed by atoms with Crippen LogP contribution in [0.5, 0.6) is 17.2 Å². The first kappa shape index (κ1) is 58.5. The van der Waals surface area contributed by atoms with E-state index in [0.29, 0.717) is 59.6 Å². The summed E-state index contributed by atoms with van der Waals surface area (Å²) < 4.78 is 85.0. The largest absolute Gasteiger partial charge is 0.493 e. The molecule has 1 saturated carbocycles. The number of amides is 3. The van der Waals surface area contributed by atoms with Gasteiger partial charge in [-0.1, -0.05) is 19.1 Å². The lowest BCUT2D eigenvalue weighted by atomic mass is 10.1. The van der Waals surface area contributed by atoms with E-state index in [1.54, 1.807) is 78.9 Å². The van der Waals surface area contributed by atoms with E-state index in [1.165, 1.54) is 51.6 Å². The molecule has 4 N–H and O–H groups in total. The molecule has 84 heavy (non-hydrogen) atoms. The third-order valence-electron chi connectivity index (χ3n) is 14.1. The fourth-order valence-electron chi connectivity index (χ4n) is 9.41. The number of benzene rings is 4. The average Bonchev–Trinajstić information content (AvgIpc) is 3.02. The van der Waals surface area contributed by atoms with Crippen LogP contribution in [-0.2, 0) is 47.9 Å². The zero-order valence-electron chi connectivity index (χ0n) is 46.7. The molecule has 10 rings (SSSR count). The first-order chi connectivity index (χ1) is 40.7. The highest BCUT2D eigenvalue weighted by Gasteiger charge is 2.29. The molecule has 2 fully saturated rings. The highest BCUT2D eigenvalue weighted by Crippen LogP contribution is 2.41. The normalized spacial score (nSPS) is 13.6. The summed E-state index contributed by atoms with van der Waals surface area (Å²) in [6, 6.07) is 19.9. The molecular formula is C58H65FN12O12S. The SMILES string of the molecule is CCCOc1cccc(Oc2cc3c(cc2NS(=O)(=O)c2cccc(C(=O)NCCOCCOCCOCCOCC(=O)N4CCN(C(=O)c5ccc(Nc6nc(C7CC7)cn7c(-c8cn[nH]c8)cnc67)c(F)c5)CC4)c2)n(C)c(=O)n3C)c1. The minimum absolute atomic E-state index is 0.0714. The number of aromatic amines is 1. The Kier molecular flexibility index (Phi) is 18.6. The predicted octanol–water partition coefficient (Wildman–Crippen LogP) is 6.23. The van der Waals surface area contributed by atoms with E-state index in [1.807, 2.05) is 17.5 Å². The number of imidazole rings is 2. The van der Waals surface area contributed by atoms with Crippen LogP contribution in [0.2, 0.25) is 0 Å². The summed E-state index contributed by atoms with van der Waals surface area (Å²) in [5.74, 6) is 0.163. The number of piperazine rings is 1. The van der Waals surface area contributed by atoms with Gasteiger partial charge in [-0.05, 0) is 73.9 Å². The third-order valence-corrected chi connectivity index (χ3v) is 15.5. The van der Waals surface area contributed by atoms with Gasteiger partial charge in [0, 0.05) is 94.0 Å². The molecule has 0 radical (unpaired) electrons. The zero-order valence-corrected chi connectivity index (χ0v) is 47.5. The second-order valence-corrected chi connectivity index (χ2v) is 21.7. The molecule has 0 unspecified atom stereocenters. The molecular weight excluding hydrogens is 1110 g/mol. The molecule has 8 aromatic rings. The minimum Gasteiger partial charge on any atom is -0.493 e. The maximum Gasteiger partial charge on any atom is 0.328 e. The van der Waals surface area contributed by atoms with Crippen molar-refractivity contribution >= 4 is 61.6 Å². The van der Waals surface area contributed by atoms with Crippen LogP contribution in [0.15, 0.2) is 113 Å². The van der Waals surface area contributed by atoms with E-state index >= 15 is 4.39 Å². The topological polar surface area (TPSA) is 269 Å². The van der Waals surface area contributed by atoms with Gasteiger partial charge in [0.2, 0.25) is 5.91 Å². The van der Waals surface area contributed by atoms with Crippen molar-refractivity contribution in [1.82, 2.24) is 48.8 Å². The molecule has 442 valence electrons. The number of nitrogens with zero attached hydrogens (tertiary/aromatic N) is 8. The molecule has 0 bridgehead atoms. The lowest BCUT2D eigenvalue weighted by Crippen LogP contribution is -2.51. The quantitative estimate of drug-likeness (QED) is 0.0396. The van der Waals surface area contributed by atoms with Gasteiger partial charge in [0.15, 0.2) is 17.2 Å². The summed E-state index contributed by atoms with van der Waals surface area (Å²) in [5.41, 5.74) is 4.29. The fourth-order valence-corrected chi connectivity index (χ4v) is 10.5. The molecule has 1 aliphatic carbocycles. The number of hydrogen-bond acceptors (Lipinski definition) is 16. The minimum atomic E-state index is -4.29. The number of aromatic nitrogens is 7. The van der Waals surface area contributed by atoms with E-state index in [2.05, 4.69) is 30.5 Å². The van der Waals surface area contributed by atoms with Crippen LogP contribution in [-0.4, -0.2) is 162 Å². The van der Waals surface area contributed by atoms with Crippen LogP contribution in [0.3, 0.4) is 0 Å². The van der Waals surface area contributed by atoms with Gasteiger partial charge in [0.05, 0.1) is 104 Å². The van der Waals surface area contributed by atoms with Crippen LogP contribution >= 0.6 is 0 Å². The van der Waals surface area contributed by atoms with Gasteiger partial charge in [0.1, 0.15) is 23.9 Å². The van der Waals surface area contributed by atoms with Crippen molar-refractivity contribution < 1.29 is 55.6 Å². The van der Waals surface area contributed by atoms with Crippen molar-refractivity contribution in [3.8, 4) is 28.5 Å². The molecule has 4 aromatic carbocycles. The summed E-state index contributed by atoms with van der Waals surface area (Å²) in [5, 5.41) is 12.7. The summed E-state index contributed by atoms with van der Waals surface area (Å²) in [6.07, 6.45) is 10.0. The Hall–Kier alpha value is -8.69. The first-order valence-electron chi connectivity index (χ1n) is 27.6.